The molecular formula is C18H22NO2+. The highest BCUT2D eigenvalue weighted by atomic mass is 16.5. The van der Waals surface area contributed by atoms with E-state index in [-0.39, 0.29) is 5.97 Å². The maximum Gasteiger partial charge on any atom is 0.339 e. The fraction of sp³-hybridized carbons (Fsp3) is 0.333. The number of esters is 1. The first kappa shape index (κ1) is 15.2. The largest absolute Gasteiger partial charge is 0.462 e. The fourth-order valence-corrected chi connectivity index (χ4v) is 2.53. The van der Waals surface area contributed by atoms with Crippen LogP contribution in [-0.4, -0.2) is 12.6 Å². The SMILES string of the molecule is CCOC(=O)c1c(C)c[n+](CCc2ccccc2)cc1C. The number of pyridine rings is 1. The van der Waals surface area contributed by atoms with Crippen LogP contribution in [-0.2, 0) is 17.7 Å². The molecule has 0 aliphatic carbocycles. The Bertz CT molecular complexity index is 597. The smallest absolute Gasteiger partial charge is 0.339 e. The summed E-state index contributed by atoms with van der Waals surface area (Å²) in [5.41, 5.74) is 3.92. The van der Waals surface area contributed by atoms with Gasteiger partial charge in [0.25, 0.3) is 0 Å². The molecule has 3 heteroatoms. The third-order valence-corrected chi connectivity index (χ3v) is 3.49. The molecule has 0 N–H and O–H groups in total. The van der Waals surface area contributed by atoms with Gasteiger partial charge in [0.15, 0.2) is 18.9 Å². The van der Waals surface area contributed by atoms with Crippen LogP contribution in [0.5, 0.6) is 0 Å². The van der Waals surface area contributed by atoms with Gasteiger partial charge >= 0.3 is 5.97 Å². The van der Waals surface area contributed by atoms with Crippen molar-refractivity contribution in [2.24, 2.45) is 0 Å². The minimum absolute atomic E-state index is 0.234. The number of nitrogens with zero attached hydrogens (tertiary/aromatic N) is 1. The molecule has 0 fully saturated rings. The molecule has 0 amide bonds. The van der Waals surface area contributed by atoms with Crippen molar-refractivity contribution in [1.29, 1.82) is 0 Å². The van der Waals surface area contributed by atoms with Gasteiger partial charge in [0.05, 0.1) is 12.2 Å². The molecule has 2 aromatic rings. The first-order valence-electron chi connectivity index (χ1n) is 7.33. The third kappa shape index (κ3) is 3.91. The van der Waals surface area contributed by atoms with Gasteiger partial charge in [-0.3, -0.25) is 0 Å². The van der Waals surface area contributed by atoms with Crippen molar-refractivity contribution < 1.29 is 14.1 Å². The lowest BCUT2D eigenvalue weighted by molar-refractivity contribution is -0.697. The maximum atomic E-state index is 11.9. The molecule has 1 aromatic carbocycles. The first-order valence-corrected chi connectivity index (χ1v) is 7.33. The van der Waals surface area contributed by atoms with E-state index < -0.39 is 0 Å². The van der Waals surface area contributed by atoms with Crippen molar-refractivity contribution in [2.45, 2.75) is 33.7 Å². The van der Waals surface area contributed by atoms with E-state index in [9.17, 15) is 4.79 Å². The van der Waals surface area contributed by atoms with Crippen LogP contribution in [0.1, 0.15) is 34.0 Å². The second-order valence-electron chi connectivity index (χ2n) is 5.19. The Morgan fingerprint density at radius 3 is 2.29 bits per heavy atom. The van der Waals surface area contributed by atoms with Crippen LogP contribution in [0, 0.1) is 13.8 Å². The van der Waals surface area contributed by atoms with Crippen LogP contribution in [0.4, 0.5) is 0 Å². The zero-order valence-electron chi connectivity index (χ0n) is 12.9. The molecule has 0 saturated carbocycles. The summed E-state index contributed by atoms with van der Waals surface area (Å²) in [6.45, 7) is 7.04. The Kier molecular flexibility index (Phi) is 5.09. The Labute approximate surface area is 126 Å². The van der Waals surface area contributed by atoms with Crippen molar-refractivity contribution in [3.8, 4) is 0 Å². The first-order chi connectivity index (χ1) is 10.1. The number of aromatic nitrogens is 1. The number of hydrogen-bond donors (Lipinski definition) is 0. The standard InChI is InChI=1S/C18H22NO2/c1-4-21-18(20)17-14(2)12-19(13-15(17)3)11-10-16-8-6-5-7-9-16/h5-9,12-13H,4,10-11H2,1-3H3/q+1. The normalized spacial score (nSPS) is 10.4. The van der Waals surface area contributed by atoms with Gasteiger partial charge < -0.3 is 4.74 Å². The number of rotatable bonds is 5. The molecule has 1 aromatic heterocycles. The predicted octanol–water partition coefficient (Wildman–Crippen LogP) is 3.01. The summed E-state index contributed by atoms with van der Waals surface area (Å²) in [4.78, 5) is 11.9. The lowest BCUT2D eigenvalue weighted by atomic mass is 10.1. The van der Waals surface area contributed by atoms with Gasteiger partial charge in [-0.1, -0.05) is 30.3 Å². The molecule has 21 heavy (non-hydrogen) atoms. The summed E-state index contributed by atoms with van der Waals surface area (Å²) in [5, 5.41) is 0. The molecule has 110 valence electrons. The summed E-state index contributed by atoms with van der Waals surface area (Å²) in [6, 6.07) is 10.4. The van der Waals surface area contributed by atoms with E-state index in [2.05, 4.69) is 28.8 Å². The highest BCUT2D eigenvalue weighted by Crippen LogP contribution is 2.12. The van der Waals surface area contributed by atoms with Crippen molar-refractivity contribution in [3.05, 3.63) is 65.0 Å². The molecule has 1 heterocycles. The van der Waals surface area contributed by atoms with E-state index in [1.165, 1.54) is 5.56 Å². The maximum absolute atomic E-state index is 11.9. The Morgan fingerprint density at radius 2 is 1.71 bits per heavy atom. The summed E-state index contributed by atoms with van der Waals surface area (Å²) in [7, 11) is 0. The molecule has 0 bridgehead atoms. The highest BCUT2D eigenvalue weighted by Gasteiger charge is 2.18. The monoisotopic (exact) mass is 284 g/mol. The van der Waals surface area contributed by atoms with E-state index in [0.29, 0.717) is 12.2 Å². The second kappa shape index (κ2) is 7.02. The van der Waals surface area contributed by atoms with Gasteiger partial charge in [0.2, 0.25) is 0 Å². The molecule has 0 unspecified atom stereocenters. The van der Waals surface area contributed by atoms with Crippen molar-refractivity contribution in [1.82, 2.24) is 0 Å². The summed E-state index contributed by atoms with van der Waals surface area (Å²) >= 11 is 0. The van der Waals surface area contributed by atoms with Crippen LogP contribution in [0.2, 0.25) is 0 Å². The van der Waals surface area contributed by atoms with Gasteiger partial charge in [-0.25, -0.2) is 9.36 Å². The molecule has 0 aliphatic rings. The average molecular weight is 284 g/mol. The van der Waals surface area contributed by atoms with Gasteiger partial charge in [-0.2, -0.15) is 0 Å². The highest BCUT2D eigenvalue weighted by molar-refractivity contribution is 5.92. The molecule has 0 spiro atoms. The molecule has 0 radical (unpaired) electrons. The summed E-state index contributed by atoms with van der Waals surface area (Å²) < 4.78 is 7.25. The van der Waals surface area contributed by atoms with E-state index >= 15 is 0 Å². The van der Waals surface area contributed by atoms with E-state index in [0.717, 1.165) is 24.1 Å². The van der Waals surface area contributed by atoms with Crippen LogP contribution in [0.25, 0.3) is 0 Å². The third-order valence-electron chi connectivity index (χ3n) is 3.49. The topological polar surface area (TPSA) is 30.2 Å². The molecular weight excluding hydrogens is 262 g/mol. The summed E-state index contributed by atoms with van der Waals surface area (Å²) in [5.74, 6) is -0.234. The Balaban J connectivity index is 2.14. The second-order valence-corrected chi connectivity index (χ2v) is 5.19. The number of aryl methyl sites for hydroxylation is 4. The number of carbonyl (C=O) groups excluding carboxylic acids is 1. The van der Waals surface area contributed by atoms with Gasteiger partial charge in [0.1, 0.15) is 0 Å². The number of benzene rings is 1. The number of hydrogen-bond acceptors (Lipinski definition) is 2. The lowest BCUT2D eigenvalue weighted by Gasteiger charge is -2.08. The number of ether oxygens (including phenoxy) is 1. The summed E-state index contributed by atoms with van der Waals surface area (Å²) in [6.07, 6.45) is 5.01. The fourth-order valence-electron chi connectivity index (χ4n) is 2.53. The van der Waals surface area contributed by atoms with Crippen LogP contribution in [0.3, 0.4) is 0 Å². The lowest BCUT2D eigenvalue weighted by Crippen LogP contribution is -2.36. The molecule has 3 nitrogen and oxygen atoms in total. The van der Waals surface area contributed by atoms with Crippen molar-refractivity contribution in [3.63, 3.8) is 0 Å². The molecule has 2 rings (SSSR count). The molecule has 0 aliphatic heterocycles. The zero-order chi connectivity index (χ0) is 15.2. The minimum Gasteiger partial charge on any atom is -0.462 e. The quantitative estimate of drug-likeness (QED) is 0.624. The van der Waals surface area contributed by atoms with Crippen LogP contribution in [0.15, 0.2) is 42.7 Å². The Hall–Kier alpha value is -2.16. The van der Waals surface area contributed by atoms with Crippen molar-refractivity contribution in [2.75, 3.05) is 6.61 Å². The molecule has 0 saturated heterocycles. The van der Waals surface area contributed by atoms with E-state index in [4.69, 9.17) is 4.74 Å². The average Bonchev–Trinajstić information content (AvgIpc) is 2.46. The van der Waals surface area contributed by atoms with E-state index in [1.807, 2.05) is 39.2 Å². The molecule has 0 atom stereocenters. The van der Waals surface area contributed by atoms with Gasteiger partial charge in [0, 0.05) is 17.5 Å². The van der Waals surface area contributed by atoms with Crippen molar-refractivity contribution >= 4 is 5.97 Å². The van der Waals surface area contributed by atoms with Gasteiger partial charge in [-0.15, -0.1) is 0 Å². The predicted molar refractivity (Wildman–Crippen MR) is 82.2 cm³/mol. The Morgan fingerprint density at radius 1 is 1.10 bits per heavy atom. The van der Waals surface area contributed by atoms with Gasteiger partial charge in [-0.05, 0) is 26.3 Å². The van der Waals surface area contributed by atoms with Crippen LogP contribution >= 0.6 is 0 Å². The van der Waals surface area contributed by atoms with Crippen LogP contribution < -0.4 is 4.57 Å². The minimum atomic E-state index is -0.234. The van der Waals surface area contributed by atoms with E-state index in [1.54, 1.807) is 0 Å². The number of carbonyl (C=O) groups is 1. The zero-order valence-corrected chi connectivity index (χ0v) is 12.9.